The monoisotopic (exact) mass is 229 g/mol. The highest BCUT2D eigenvalue weighted by Gasteiger charge is 2.38. The Morgan fingerprint density at radius 3 is 2.47 bits per heavy atom. The lowest BCUT2D eigenvalue weighted by Crippen LogP contribution is -2.43. The largest absolute Gasteiger partial charge is 0.415 e. The summed E-state index contributed by atoms with van der Waals surface area (Å²) in [5.41, 5.74) is 0. The quantitative estimate of drug-likeness (QED) is 0.752. The molecule has 0 aliphatic carbocycles. The first kappa shape index (κ1) is 12.9. The minimum absolute atomic E-state index is 0.242. The van der Waals surface area contributed by atoms with E-state index < -0.39 is 8.32 Å². The zero-order valence-electron chi connectivity index (χ0n) is 10.5. The lowest BCUT2D eigenvalue weighted by molar-refractivity contribution is -0.116. The van der Waals surface area contributed by atoms with E-state index in [2.05, 4.69) is 39.2 Å². The van der Waals surface area contributed by atoms with Crippen LogP contribution in [0.3, 0.4) is 0 Å². The van der Waals surface area contributed by atoms with E-state index >= 15 is 0 Å². The summed E-state index contributed by atoms with van der Waals surface area (Å²) in [5.74, 6) is 0.304. The second-order valence-corrected chi connectivity index (χ2v) is 10.7. The molecule has 4 heteroatoms. The molecule has 1 unspecified atom stereocenters. The van der Waals surface area contributed by atoms with Crippen LogP contribution < -0.4 is 5.32 Å². The molecule has 1 aliphatic heterocycles. The summed E-state index contributed by atoms with van der Waals surface area (Å²) < 4.78 is 6.05. The standard InChI is InChI=1S/C11H23NO2Si/c1-11(2,3)15(4,5)14-8-9-6-10(13)7-12-9/h9,12H,6-8H2,1-5H3. The highest BCUT2D eigenvalue weighted by molar-refractivity contribution is 6.74. The lowest BCUT2D eigenvalue weighted by Gasteiger charge is -2.36. The van der Waals surface area contributed by atoms with Crippen molar-refractivity contribution in [2.24, 2.45) is 0 Å². The first-order valence-corrected chi connectivity index (χ1v) is 8.52. The highest BCUT2D eigenvalue weighted by Crippen LogP contribution is 2.36. The Kier molecular flexibility index (Phi) is 3.74. The van der Waals surface area contributed by atoms with Crippen LogP contribution in [0.15, 0.2) is 0 Å². The Morgan fingerprint density at radius 1 is 1.47 bits per heavy atom. The van der Waals surface area contributed by atoms with Gasteiger partial charge in [0, 0.05) is 19.1 Å². The van der Waals surface area contributed by atoms with Crippen LogP contribution in [0.2, 0.25) is 18.1 Å². The molecule has 0 bridgehead atoms. The number of ketones is 1. The summed E-state index contributed by atoms with van der Waals surface area (Å²) in [5, 5.41) is 3.42. The molecule has 0 saturated carbocycles. The second-order valence-electron chi connectivity index (χ2n) is 5.89. The third kappa shape index (κ3) is 3.40. The van der Waals surface area contributed by atoms with Crippen LogP contribution in [0.25, 0.3) is 0 Å². The van der Waals surface area contributed by atoms with Crippen molar-refractivity contribution in [2.45, 2.75) is 51.4 Å². The third-order valence-electron chi connectivity index (χ3n) is 3.51. The molecular weight excluding hydrogens is 206 g/mol. The first-order chi connectivity index (χ1) is 6.72. The molecule has 0 amide bonds. The van der Waals surface area contributed by atoms with Crippen LogP contribution >= 0.6 is 0 Å². The van der Waals surface area contributed by atoms with Crippen LogP contribution in [0, 0.1) is 0 Å². The Hall–Kier alpha value is -0.193. The molecule has 0 aromatic rings. The van der Waals surface area contributed by atoms with Gasteiger partial charge in [0.2, 0.25) is 0 Å². The van der Waals surface area contributed by atoms with Crippen molar-refractivity contribution < 1.29 is 9.22 Å². The van der Waals surface area contributed by atoms with Crippen LogP contribution in [0.1, 0.15) is 27.2 Å². The fourth-order valence-electron chi connectivity index (χ4n) is 1.32. The Morgan fingerprint density at radius 2 is 2.07 bits per heavy atom. The van der Waals surface area contributed by atoms with Gasteiger partial charge in [-0.1, -0.05) is 20.8 Å². The fraction of sp³-hybridized carbons (Fsp3) is 0.909. The smallest absolute Gasteiger partial charge is 0.192 e. The maximum Gasteiger partial charge on any atom is 0.192 e. The van der Waals surface area contributed by atoms with Gasteiger partial charge in [-0.15, -0.1) is 0 Å². The first-order valence-electron chi connectivity index (χ1n) is 5.61. The van der Waals surface area contributed by atoms with E-state index in [0.29, 0.717) is 25.4 Å². The number of Topliss-reactive ketones (excluding diaryl/α,β-unsaturated/α-hetero) is 1. The molecule has 0 aromatic carbocycles. The predicted octanol–water partition coefficient (Wildman–Crippen LogP) is 1.94. The molecule has 0 radical (unpaired) electrons. The van der Waals surface area contributed by atoms with Crippen molar-refractivity contribution in [3.8, 4) is 0 Å². The Labute approximate surface area is 93.7 Å². The van der Waals surface area contributed by atoms with Crippen molar-refractivity contribution in [3.05, 3.63) is 0 Å². The van der Waals surface area contributed by atoms with Gasteiger partial charge in [-0.05, 0) is 18.1 Å². The van der Waals surface area contributed by atoms with Crippen molar-refractivity contribution in [2.75, 3.05) is 13.2 Å². The number of nitrogens with one attached hydrogen (secondary N) is 1. The van der Waals surface area contributed by atoms with Gasteiger partial charge in [0.25, 0.3) is 0 Å². The van der Waals surface area contributed by atoms with Crippen molar-refractivity contribution in [3.63, 3.8) is 0 Å². The average Bonchev–Trinajstić information content (AvgIpc) is 2.46. The van der Waals surface area contributed by atoms with E-state index in [1.165, 1.54) is 0 Å². The van der Waals surface area contributed by atoms with E-state index in [-0.39, 0.29) is 11.1 Å². The molecule has 1 saturated heterocycles. The van der Waals surface area contributed by atoms with Gasteiger partial charge in [-0.2, -0.15) is 0 Å². The van der Waals surface area contributed by atoms with Crippen LogP contribution in [0.4, 0.5) is 0 Å². The van der Waals surface area contributed by atoms with Crippen molar-refractivity contribution in [1.29, 1.82) is 0 Å². The topological polar surface area (TPSA) is 38.3 Å². The fourth-order valence-corrected chi connectivity index (χ4v) is 2.37. The van der Waals surface area contributed by atoms with Gasteiger partial charge in [0.1, 0.15) is 5.78 Å². The molecule has 1 N–H and O–H groups in total. The number of rotatable bonds is 3. The molecule has 1 rings (SSSR count). The molecular formula is C11H23NO2Si. The summed E-state index contributed by atoms with van der Waals surface area (Å²) in [7, 11) is -1.65. The molecule has 0 aromatic heterocycles. The van der Waals surface area contributed by atoms with Gasteiger partial charge in [-0.3, -0.25) is 4.79 Å². The Bertz CT molecular complexity index is 245. The molecule has 1 atom stereocenters. The van der Waals surface area contributed by atoms with Gasteiger partial charge in [-0.25, -0.2) is 0 Å². The molecule has 0 spiro atoms. The molecule has 3 nitrogen and oxygen atoms in total. The average molecular weight is 229 g/mol. The number of hydrogen-bond donors (Lipinski definition) is 1. The summed E-state index contributed by atoms with van der Waals surface area (Å²) in [4.78, 5) is 11.1. The Balaban J connectivity index is 2.40. The normalized spacial score (nSPS) is 23.5. The van der Waals surface area contributed by atoms with Crippen LogP contribution in [-0.2, 0) is 9.22 Å². The number of carbonyl (C=O) groups is 1. The zero-order chi connectivity index (χ0) is 11.7. The molecule has 1 fully saturated rings. The number of hydrogen-bond acceptors (Lipinski definition) is 3. The molecule has 88 valence electrons. The minimum Gasteiger partial charge on any atom is -0.415 e. The summed E-state index contributed by atoms with van der Waals surface area (Å²) in [6.45, 7) is 12.4. The van der Waals surface area contributed by atoms with Crippen molar-refractivity contribution in [1.82, 2.24) is 5.32 Å². The summed E-state index contributed by atoms with van der Waals surface area (Å²) >= 11 is 0. The van der Waals surface area contributed by atoms with E-state index in [4.69, 9.17) is 4.43 Å². The highest BCUT2D eigenvalue weighted by atomic mass is 28.4. The van der Waals surface area contributed by atoms with Crippen molar-refractivity contribution >= 4 is 14.1 Å². The van der Waals surface area contributed by atoms with E-state index in [0.717, 1.165) is 0 Å². The summed E-state index contributed by atoms with van der Waals surface area (Å²) in [6.07, 6.45) is 0.634. The predicted molar refractivity (Wildman–Crippen MR) is 64.6 cm³/mol. The number of carbonyl (C=O) groups excluding carboxylic acids is 1. The van der Waals surface area contributed by atoms with Gasteiger partial charge < -0.3 is 9.74 Å². The van der Waals surface area contributed by atoms with E-state index in [1.54, 1.807) is 0 Å². The van der Waals surface area contributed by atoms with Crippen LogP contribution in [0.5, 0.6) is 0 Å². The van der Waals surface area contributed by atoms with Gasteiger partial charge >= 0.3 is 0 Å². The van der Waals surface area contributed by atoms with E-state index in [1.807, 2.05) is 0 Å². The SMILES string of the molecule is CC(C)(C)[Si](C)(C)OCC1CC(=O)CN1. The molecule has 15 heavy (non-hydrogen) atoms. The molecule has 1 heterocycles. The minimum atomic E-state index is -1.65. The maximum atomic E-state index is 11.1. The third-order valence-corrected chi connectivity index (χ3v) is 8.01. The zero-order valence-corrected chi connectivity index (χ0v) is 11.5. The summed E-state index contributed by atoms with van der Waals surface area (Å²) in [6, 6.07) is 0.242. The van der Waals surface area contributed by atoms with Crippen LogP contribution in [-0.4, -0.2) is 33.3 Å². The lowest BCUT2D eigenvalue weighted by atomic mass is 10.2. The molecule has 1 aliphatic rings. The van der Waals surface area contributed by atoms with Gasteiger partial charge in [0.15, 0.2) is 8.32 Å². The van der Waals surface area contributed by atoms with E-state index in [9.17, 15) is 4.79 Å². The van der Waals surface area contributed by atoms with Gasteiger partial charge in [0.05, 0.1) is 6.54 Å². The second kappa shape index (κ2) is 4.35. The maximum absolute atomic E-state index is 11.1.